The highest BCUT2D eigenvalue weighted by molar-refractivity contribution is 7.85. The van der Waals surface area contributed by atoms with Gasteiger partial charge >= 0.3 is 0 Å². The van der Waals surface area contributed by atoms with Gasteiger partial charge in [-0.25, -0.2) is 8.60 Å². The van der Waals surface area contributed by atoms with Crippen LogP contribution in [0.25, 0.3) is 0 Å². The largest absolute Gasteiger partial charge is 0.322 e. The van der Waals surface area contributed by atoms with E-state index in [9.17, 15) is 18.2 Å². The zero-order chi connectivity index (χ0) is 24.5. The first kappa shape index (κ1) is 23.0. The maximum Gasteiger partial charge on any atom is 0.259 e. The third kappa shape index (κ3) is 4.60. The number of benzene rings is 4. The molecule has 174 valence electrons. The Labute approximate surface area is 208 Å². The van der Waals surface area contributed by atoms with Gasteiger partial charge in [0.05, 0.1) is 38.4 Å². The van der Waals surface area contributed by atoms with Gasteiger partial charge < -0.3 is 10.2 Å². The van der Waals surface area contributed by atoms with Gasteiger partial charge in [-0.05, 0) is 66.2 Å². The summed E-state index contributed by atoms with van der Waals surface area (Å²) in [4.78, 5) is 28.9. The number of halogens is 2. The quantitative estimate of drug-likeness (QED) is 0.367. The van der Waals surface area contributed by atoms with E-state index in [1.807, 2.05) is 6.07 Å². The average Bonchev–Trinajstić information content (AvgIpc) is 2.93. The molecule has 0 fully saturated rings. The van der Waals surface area contributed by atoms with Crippen LogP contribution in [0.1, 0.15) is 26.3 Å². The number of fused-ring (bicyclic) bond motifs is 2. The minimum atomic E-state index is -1.64. The van der Waals surface area contributed by atoms with E-state index in [0.29, 0.717) is 31.8 Å². The van der Waals surface area contributed by atoms with E-state index in [2.05, 4.69) is 5.32 Å². The Morgan fingerprint density at radius 1 is 0.914 bits per heavy atom. The number of amides is 2. The van der Waals surface area contributed by atoms with Crippen molar-refractivity contribution in [3.8, 4) is 0 Å². The molecule has 4 aromatic rings. The third-order valence-electron chi connectivity index (χ3n) is 5.59. The fraction of sp³-hybridized carbons (Fsp3) is 0.0370. The Bertz CT molecular complexity index is 1510. The lowest BCUT2D eigenvalue weighted by Gasteiger charge is -2.23. The van der Waals surface area contributed by atoms with Crippen molar-refractivity contribution < 1.29 is 18.2 Å². The molecule has 0 saturated carbocycles. The fourth-order valence-electron chi connectivity index (χ4n) is 3.95. The van der Waals surface area contributed by atoms with Gasteiger partial charge in [0.15, 0.2) is 0 Å². The van der Waals surface area contributed by atoms with Gasteiger partial charge in [-0.1, -0.05) is 41.9 Å². The van der Waals surface area contributed by atoms with E-state index in [-0.39, 0.29) is 18.0 Å². The number of hydrogen-bond donors (Lipinski definition) is 1. The van der Waals surface area contributed by atoms with Crippen molar-refractivity contribution in [2.45, 2.75) is 16.3 Å². The van der Waals surface area contributed by atoms with Crippen molar-refractivity contribution >= 4 is 45.6 Å². The van der Waals surface area contributed by atoms with Gasteiger partial charge in [0.2, 0.25) is 0 Å². The van der Waals surface area contributed by atoms with E-state index in [1.54, 1.807) is 60.7 Å². The molecule has 0 unspecified atom stereocenters. The molecule has 1 heterocycles. The van der Waals surface area contributed by atoms with Crippen LogP contribution in [0.4, 0.5) is 15.8 Å². The average molecular weight is 505 g/mol. The molecule has 1 atom stereocenters. The topological polar surface area (TPSA) is 66.5 Å². The molecule has 1 N–H and O–H groups in total. The number of hydrogen-bond acceptors (Lipinski definition) is 3. The number of carbonyl (C=O) groups is 2. The summed E-state index contributed by atoms with van der Waals surface area (Å²) in [6, 6.07) is 24.1. The second-order valence-corrected chi connectivity index (χ2v) is 9.79. The molecule has 4 aromatic carbocycles. The normalized spacial score (nSPS) is 14.6. The molecular formula is C27H18ClFN2O3S. The van der Waals surface area contributed by atoms with E-state index >= 15 is 0 Å². The summed E-state index contributed by atoms with van der Waals surface area (Å²) in [6.07, 6.45) is 0. The molecule has 0 aliphatic carbocycles. The molecule has 0 saturated heterocycles. The molecule has 1 aliphatic heterocycles. The van der Waals surface area contributed by atoms with Crippen LogP contribution in [-0.4, -0.2) is 16.0 Å². The summed E-state index contributed by atoms with van der Waals surface area (Å²) in [7, 11) is -1.64. The van der Waals surface area contributed by atoms with Gasteiger partial charge in [0.25, 0.3) is 11.8 Å². The SMILES string of the molecule is O=C(Nc1cccc(F)c1)c1ccc2c(c1)N(Cc1cccc(Cl)c1)C(=O)c1ccccc1[S@]2=O. The summed E-state index contributed by atoms with van der Waals surface area (Å²) in [5, 5.41) is 3.18. The third-order valence-corrected chi connectivity index (χ3v) is 7.32. The maximum atomic E-state index is 13.7. The van der Waals surface area contributed by atoms with Crippen LogP contribution in [0.3, 0.4) is 0 Å². The molecule has 8 heteroatoms. The number of rotatable bonds is 4. The molecule has 0 radical (unpaired) electrons. The lowest BCUT2D eigenvalue weighted by atomic mass is 10.1. The standard InChI is InChI=1S/C27H18ClFN2O3S/c28-19-6-3-5-17(13-19)16-31-23-14-18(26(32)30-21-8-4-7-20(29)15-21)11-12-25(23)35(34)24-10-2-1-9-22(24)27(31)33/h1-15H,16H2,(H,30,32)/t35-/m1/s1. The van der Waals surface area contributed by atoms with Crippen LogP contribution in [0.15, 0.2) is 101 Å². The van der Waals surface area contributed by atoms with Gasteiger partial charge in [-0.2, -0.15) is 0 Å². The fourth-order valence-corrected chi connectivity index (χ4v) is 5.51. The minimum absolute atomic E-state index is 0.160. The second-order valence-electron chi connectivity index (χ2n) is 7.93. The van der Waals surface area contributed by atoms with E-state index in [0.717, 1.165) is 5.56 Å². The van der Waals surface area contributed by atoms with Crippen LogP contribution in [0.2, 0.25) is 5.02 Å². The van der Waals surface area contributed by atoms with Crippen LogP contribution >= 0.6 is 11.6 Å². The first-order chi connectivity index (χ1) is 16.9. The van der Waals surface area contributed by atoms with Crippen molar-refractivity contribution in [2.75, 3.05) is 10.2 Å². The first-order valence-electron chi connectivity index (χ1n) is 10.7. The molecule has 0 spiro atoms. The molecule has 5 nitrogen and oxygen atoms in total. The molecular weight excluding hydrogens is 487 g/mol. The smallest absolute Gasteiger partial charge is 0.259 e. The molecule has 5 rings (SSSR count). The van der Waals surface area contributed by atoms with Crippen molar-refractivity contribution in [3.63, 3.8) is 0 Å². The van der Waals surface area contributed by atoms with Crippen LogP contribution in [0, 0.1) is 5.82 Å². The van der Waals surface area contributed by atoms with Crippen molar-refractivity contribution in [2.24, 2.45) is 0 Å². The molecule has 1 aliphatic rings. The van der Waals surface area contributed by atoms with Gasteiger partial charge in [-0.3, -0.25) is 9.59 Å². The Kier molecular flexibility index (Phi) is 6.19. The second kappa shape index (κ2) is 9.44. The van der Waals surface area contributed by atoms with E-state index in [1.165, 1.54) is 29.2 Å². The van der Waals surface area contributed by atoms with Crippen LogP contribution in [0.5, 0.6) is 0 Å². The van der Waals surface area contributed by atoms with Gasteiger partial charge in [-0.15, -0.1) is 0 Å². The predicted molar refractivity (Wildman–Crippen MR) is 134 cm³/mol. The van der Waals surface area contributed by atoms with Gasteiger partial charge in [0.1, 0.15) is 5.82 Å². The molecule has 0 aromatic heterocycles. The monoisotopic (exact) mass is 504 g/mol. The summed E-state index contributed by atoms with van der Waals surface area (Å²) < 4.78 is 27.1. The Morgan fingerprint density at radius 3 is 2.51 bits per heavy atom. The van der Waals surface area contributed by atoms with Crippen molar-refractivity contribution in [1.82, 2.24) is 0 Å². The van der Waals surface area contributed by atoms with Crippen molar-refractivity contribution in [1.29, 1.82) is 0 Å². The Balaban J connectivity index is 1.60. The van der Waals surface area contributed by atoms with Crippen molar-refractivity contribution in [3.05, 3.63) is 119 Å². The predicted octanol–water partition coefficient (Wildman–Crippen LogP) is 6.06. The summed E-state index contributed by atoms with van der Waals surface area (Å²) in [5.74, 6) is -1.30. The zero-order valence-corrected chi connectivity index (χ0v) is 19.8. The maximum absolute atomic E-state index is 13.7. The lowest BCUT2D eigenvalue weighted by molar-refractivity contribution is 0.0979. The molecule has 35 heavy (non-hydrogen) atoms. The summed E-state index contributed by atoms with van der Waals surface area (Å²) in [6.45, 7) is 0.160. The van der Waals surface area contributed by atoms with Crippen LogP contribution < -0.4 is 10.2 Å². The van der Waals surface area contributed by atoms with Crippen LogP contribution in [-0.2, 0) is 17.3 Å². The van der Waals surface area contributed by atoms with E-state index in [4.69, 9.17) is 11.6 Å². The minimum Gasteiger partial charge on any atom is -0.322 e. The highest BCUT2D eigenvalue weighted by Crippen LogP contribution is 2.36. The molecule has 2 amide bonds. The first-order valence-corrected chi connectivity index (χ1v) is 12.2. The Hall–Kier alpha value is -3.81. The number of anilines is 2. The highest BCUT2D eigenvalue weighted by atomic mass is 35.5. The number of carbonyl (C=O) groups excluding carboxylic acids is 2. The molecule has 0 bridgehead atoms. The highest BCUT2D eigenvalue weighted by Gasteiger charge is 2.31. The number of nitrogens with one attached hydrogen (secondary N) is 1. The lowest BCUT2D eigenvalue weighted by Crippen LogP contribution is -2.30. The Morgan fingerprint density at radius 2 is 1.71 bits per heavy atom. The summed E-state index contributed by atoms with van der Waals surface area (Å²) in [5.41, 5.74) is 2.00. The number of nitrogens with zero attached hydrogens (tertiary/aromatic N) is 1. The van der Waals surface area contributed by atoms with Gasteiger partial charge in [0, 0.05) is 16.3 Å². The summed E-state index contributed by atoms with van der Waals surface area (Å²) >= 11 is 6.16. The van der Waals surface area contributed by atoms with E-state index < -0.39 is 22.5 Å². The zero-order valence-electron chi connectivity index (χ0n) is 18.2.